The van der Waals surface area contributed by atoms with Crippen molar-refractivity contribution in [1.82, 2.24) is 15.5 Å². The SMILES string of the molecule is CSCCC(CO)NC(=O)CCC1NC(=O)N(Cc2ccccc2)C1=O. The first-order valence-corrected chi connectivity index (χ1v) is 9.99. The maximum atomic E-state index is 12.4. The minimum atomic E-state index is -0.685. The van der Waals surface area contributed by atoms with Gasteiger partial charge in [-0.2, -0.15) is 11.8 Å². The molecule has 142 valence electrons. The Morgan fingerprint density at radius 3 is 2.73 bits per heavy atom. The van der Waals surface area contributed by atoms with E-state index in [1.807, 2.05) is 36.6 Å². The largest absolute Gasteiger partial charge is 0.394 e. The molecule has 0 saturated carbocycles. The first-order valence-electron chi connectivity index (χ1n) is 8.60. The van der Waals surface area contributed by atoms with Crippen molar-refractivity contribution in [3.8, 4) is 0 Å². The molecule has 1 aromatic carbocycles. The van der Waals surface area contributed by atoms with Gasteiger partial charge in [-0.3, -0.25) is 14.5 Å². The van der Waals surface area contributed by atoms with Gasteiger partial charge in [0, 0.05) is 6.42 Å². The fourth-order valence-electron chi connectivity index (χ4n) is 2.73. The molecule has 4 amide bonds. The van der Waals surface area contributed by atoms with Gasteiger partial charge in [-0.15, -0.1) is 0 Å². The molecule has 1 aliphatic rings. The highest BCUT2D eigenvalue weighted by Gasteiger charge is 2.37. The number of urea groups is 1. The predicted molar refractivity (Wildman–Crippen MR) is 101 cm³/mol. The quantitative estimate of drug-likeness (QED) is 0.529. The molecule has 2 unspecified atom stereocenters. The van der Waals surface area contributed by atoms with E-state index in [9.17, 15) is 19.5 Å². The van der Waals surface area contributed by atoms with Crippen molar-refractivity contribution >= 4 is 29.6 Å². The Labute approximate surface area is 157 Å². The molecule has 2 atom stereocenters. The number of rotatable bonds is 10. The highest BCUT2D eigenvalue weighted by atomic mass is 32.2. The lowest BCUT2D eigenvalue weighted by molar-refractivity contribution is -0.128. The zero-order valence-electron chi connectivity index (χ0n) is 14.8. The Morgan fingerprint density at radius 2 is 2.08 bits per heavy atom. The molecule has 0 radical (unpaired) electrons. The van der Waals surface area contributed by atoms with Crippen LogP contribution in [-0.2, 0) is 16.1 Å². The molecule has 26 heavy (non-hydrogen) atoms. The monoisotopic (exact) mass is 379 g/mol. The second-order valence-corrected chi connectivity index (χ2v) is 7.16. The molecular formula is C18H25N3O4S. The normalized spacial score (nSPS) is 17.9. The van der Waals surface area contributed by atoms with E-state index in [1.165, 1.54) is 4.90 Å². The summed E-state index contributed by atoms with van der Waals surface area (Å²) in [4.78, 5) is 37.7. The average molecular weight is 379 g/mol. The van der Waals surface area contributed by atoms with Crippen LogP contribution in [0.15, 0.2) is 30.3 Å². The van der Waals surface area contributed by atoms with Crippen molar-refractivity contribution in [2.45, 2.75) is 37.9 Å². The number of carbonyl (C=O) groups is 3. The number of hydrogen-bond acceptors (Lipinski definition) is 5. The zero-order chi connectivity index (χ0) is 18.9. The van der Waals surface area contributed by atoms with Crippen LogP contribution in [0.1, 0.15) is 24.8 Å². The minimum absolute atomic E-state index is 0.115. The highest BCUT2D eigenvalue weighted by Crippen LogP contribution is 2.15. The van der Waals surface area contributed by atoms with Gasteiger partial charge < -0.3 is 15.7 Å². The third-order valence-corrected chi connectivity index (χ3v) is 4.85. The van der Waals surface area contributed by atoms with Crippen LogP contribution in [0.2, 0.25) is 0 Å². The Balaban J connectivity index is 1.82. The van der Waals surface area contributed by atoms with Crippen LogP contribution in [0.4, 0.5) is 4.79 Å². The smallest absolute Gasteiger partial charge is 0.325 e. The summed E-state index contributed by atoms with van der Waals surface area (Å²) in [6, 6.07) is 7.88. The topological polar surface area (TPSA) is 98.7 Å². The lowest BCUT2D eigenvalue weighted by Crippen LogP contribution is -2.39. The molecule has 0 aromatic heterocycles. The minimum Gasteiger partial charge on any atom is -0.394 e. The van der Waals surface area contributed by atoms with E-state index in [1.54, 1.807) is 11.8 Å². The summed E-state index contributed by atoms with van der Waals surface area (Å²) in [5, 5.41) is 14.7. The van der Waals surface area contributed by atoms with Gasteiger partial charge in [-0.05, 0) is 30.4 Å². The fourth-order valence-corrected chi connectivity index (χ4v) is 3.25. The van der Waals surface area contributed by atoms with E-state index in [4.69, 9.17) is 0 Å². The van der Waals surface area contributed by atoms with Crippen molar-refractivity contribution in [3.63, 3.8) is 0 Å². The molecule has 0 spiro atoms. The first kappa shape index (κ1) is 20.3. The number of carbonyl (C=O) groups excluding carboxylic acids is 3. The second-order valence-electron chi connectivity index (χ2n) is 6.18. The van der Waals surface area contributed by atoms with Crippen LogP contribution in [0.5, 0.6) is 0 Å². The van der Waals surface area contributed by atoms with Crippen LogP contribution >= 0.6 is 11.8 Å². The van der Waals surface area contributed by atoms with E-state index in [0.717, 1.165) is 11.3 Å². The van der Waals surface area contributed by atoms with Gasteiger partial charge in [-0.25, -0.2) is 4.79 Å². The summed E-state index contributed by atoms with van der Waals surface area (Å²) in [6.07, 6.45) is 3.01. The Hall–Kier alpha value is -2.06. The Kier molecular flexibility index (Phi) is 7.93. The van der Waals surface area contributed by atoms with Gasteiger partial charge in [0.15, 0.2) is 0 Å². The van der Waals surface area contributed by atoms with E-state index in [2.05, 4.69) is 10.6 Å². The van der Waals surface area contributed by atoms with Crippen LogP contribution < -0.4 is 10.6 Å². The van der Waals surface area contributed by atoms with Crippen molar-refractivity contribution in [3.05, 3.63) is 35.9 Å². The average Bonchev–Trinajstić information content (AvgIpc) is 2.91. The van der Waals surface area contributed by atoms with Gasteiger partial charge in [0.2, 0.25) is 5.91 Å². The van der Waals surface area contributed by atoms with Crippen LogP contribution in [0.3, 0.4) is 0 Å². The number of amides is 4. The summed E-state index contributed by atoms with van der Waals surface area (Å²) < 4.78 is 0. The summed E-state index contributed by atoms with van der Waals surface area (Å²) in [5.41, 5.74) is 0.869. The molecule has 1 heterocycles. The van der Waals surface area contributed by atoms with Gasteiger partial charge in [0.05, 0.1) is 19.2 Å². The van der Waals surface area contributed by atoms with Gasteiger partial charge in [0.1, 0.15) is 6.04 Å². The van der Waals surface area contributed by atoms with Crippen molar-refractivity contribution in [2.24, 2.45) is 0 Å². The van der Waals surface area contributed by atoms with Crippen LogP contribution in [-0.4, -0.2) is 58.6 Å². The number of nitrogens with zero attached hydrogens (tertiary/aromatic N) is 1. The maximum absolute atomic E-state index is 12.4. The van der Waals surface area contributed by atoms with Crippen LogP contribution in [0, 0.1) is 0 Å². The molecule has 1 fully saturated rings. The number of aliphatic hydroxyl groups is 1. The molecule has 1 saturated heterocycles. The molecule has 2 rings (SSSR count). The number of hydrogen-bond donors (Lipinski definition) is 3. The second kappa shape index (κ2) is 10.2. The molecule has 1 aromatic rings. The number of benzene rings is 1. The molecule has 8 heteroatoms. The van der Waals surface area contributed by atoms with Gasteiger partial charge in [0.25, 0.3) is 5.91 Å². The Morgan fingerprint density at radius 1 is 1.35 bits per heavy atom. The van der Waals surface area contributed by atoms with Gasteiger partial charge >= 0.3 is 6.03 Å². The molecular weight excluding hydrogens is 354 g/mol. The number of imide groups is 1. The first-order chi connectivity index (χ1) is 12.5. The number of thioether (sulfide) groups is 1. The number of aliphatic hydroxyl groups excluding tert-OH is 1. The van der Waals surface area contributed by atoms with Crippen LogP contribution in [0.25, 0.3) is 0 Å². The standard InChI is InChI=1S/C18H25N3O4S/c1-26-10-9-14(12-22)19-16(23)8-7-15-17(24)21(18(25)20-15)11-13-5-3-2-4-6-13/h2-6,14-15,22H,7-12H2,1H3,(H,19,23)(H,20,25). The molecule has 0 aliphatic carbocycles. The van der Waals surface area contributed by atoms with E-state index in [-0.39, 0.29) is 43.8 Å². The molecule has 3 N–H and O–H groups in total. The third-order valence-electron chi connectivity index (χ3n) is 4.21. The van der Waals surface area contributed by atoms with E-state index < -0.39 is 12.1 Å². The number of nitrogens with one attached hydrogen (secondary N) is 2. The summed E-state index contributed by atoms with van der Waals surface area (Å²) >= 11 is 1.65. The lowest BCUT2D eigenvalue weighted by atomic mass is 10.1. The van der Waals surface area contributed by atoms with Gasteiger partial charge in [-0.1, -0.05) is 30.3 Å². The molecule has 1 aliphatic heterocycles. The molecule has 7 nitrogen and oxygen atoms in total. The molecule has 0 bridgehead atoms. The zero-order valence-corrected chi connectivity index (χ0v) is 15.6. The van der Waals surface area contributed by atoms with E-state index in [0.29, 0.717) is 6.42 Å². The van der Waals surface area contributed by atoms with E-state index >= 15 is 0 Å². The summed E-state index contributed by atoms with van der Waals surface area (Å²) in [7, 11) is 0. The highest BCUT2D eigenvalue weighted by molar-refractivity contribution is 7.98. The summed E-state index contributed by atoms with van der Waals surface area (Å²) in [6.45, 7) is 0.103. The Bertz CT molecular complexity index is 626. The predicted octanol–water partition coefficient (Wildman–Crippen LogP) is 1.12. The van der Waals surface area contributed by atoms with Crippen molar-refractivity contribution in [1.29, 1.82) is 0 Å². The van der Waals surface area contributed by atoms with Crippen molar-refractivity contribution in [2.75, 3.05) is 18.6 Å². The maximum Gasteiger partial charge on any atom is 0.325 e. The lowest BCUT2D eigenvalue weighted by Gasteiger charge is -2.16. The fraction of sp³-hybridized carbons (Fsp3) is 0.500. The van der Waals surface area contributed by atoms with Crippen molar-refractivity contribution < 1.29 is 19.5 Å². The summed E-state index contributed by atoms with van der Waals surface area (Å²) in [5.74, 6) is 0.304. The third kappa shape index (κ3) is 5.74.